The van der Waals surface area contributed by atoms with Gasteiger partial charge in [-0.3, -0.25) is 9.48 Å². The molecular weight excluding hydrogens is 414 g/mol. The lowest BCUT2D eigenvalue weighted by molar-refractivity contribution is -0.123. The minimum atomic E-state index is -0.359. The zero-order chi connectivity index (χ0) is 19.7. The van der Waals surface area contributed by atoms with Crippen LogP contribution in [-0.2, 0) is 23.3 Å². The quantitative estimate of drug-likeness (QED) is 0.609. The van der Waals surface area contributed by atoms with Gasteiger partial charge in [0.25, 0.3) is 0 Å². The van der Waals surface area contributed by atoms with E-state index in [1.54, 1.807) is 0 Å². The molecule has 2 aromatic carbocycles. The van der Waals surface area contributed by atoms with Crippen molar-refractivity contribution in [2.45, 2.75) is 45.2 Å². The topological polar surface area (TPSA) is 46.9 Å². The van der Waals surface area contributed by atoms with Gasteiger partial charge < -0.3 is 5.32 Å². The van der Waals surface area contributed by atoms with Gasteiger partial charge in [0.1, 0.15) is 0 Å². The summed E-state index contributed by atoms with van der Waals surface area (Å²) < 4.78 is 3.05. The van der Waals surface area contributed by atoms with Crippen molar-refractivity contribution >= 4 is 21.8 Å². The third-order valence-electron chi connectivity index (χ3n) is 5.71. The normalized spacial score (nSPS) is 14.7. The molecule has 1 fully saturated rings. The molecule has 1 aromatic heterocycles. The number of hydrogen-bond donors (Lipinski definition) is 1. The van der Waals surface area contributed by atoms with Crippen molar-refractivity contribution in [1.82, 2.24) is 15.1 Å². The highest BCUT2D eigenvalue weighted by molar-refractivity contribution is 9.10. The fourth-order valence-electron chi connectivity index (χ4n) is 3.78. The molecule has 0 spiro atoms. The lowest BCUT2D eigenvalue weighted by atomic mass is 9.95. The zero-order valence-electron chi connectivity index (χ0n) is 16.2. The average Bonchev–Trinajstić information content (AvgIpc) is 3.46. The summed E-state index contributed by atoms with van der Waals surface area (Å²) in [6.07, 6.45) is 1.82. The highest BCUT2D eigenvalue weighted by atomic mass is 79.9. The Labute approximate surface area is 174 Å². The van der Waals surface area contributed by atoms with Gasteiger partial charge >= 0.3 is 0 Å². The molecule has 1 amide bonds. The minimum absolute atomic E-state index is 0.115. The predicted octanol–water partition coefficient (Wildman–Crippen LogP) is 4.66. The van der Waals surface area contributed by atoms with Crippen molar-refractivity contribution in [3.05, 3.63) is 87.1 Å². The molecule has 1 N–H and O–H groups in total. The number of aryl methyl sites for hydroxylation is 1. The van der Waals surface area contributed by atoms with Crippen LogP contribution >= 0.6 is 15.9 Å². The second-order valence-corrected chi connectivity index (χ2v) is 8.48. The van der Waals surface area contributed by atoms with Crippen LogP contribution in [0.1, 0.15) is 40.9 Å². The molecule has 1 aliphatic rings. The Hall–Kier alpha value is -2.40. The molecule has 28 heavy (non-hydrogen) atoms. The lowest BCUT2D eigenvalue weighted by Gasteiger charge is -2.16. The van der Waals surface area contributed by atoms with Crippen molar-refractivity contribution in [3.8, 4) is 0 Å². The molecule has 0 bridgehead atoms. The molecule has 1 saturated carbocycles. The maximum atomic E-state index is 13.0. The van der Waals surface area contributed by atoms with Crippen LogP contribution in [-0.4, -0.2) is 15.7 Å². The van der Waals surface area contributed by atoms with Gasteiger partial charge in [-0.25, -0.2) is 0 Å². The molecule has 1 heterocycles. The van der Waals surface area contributed by atoms with E-state index in [-0.39, 0.29) is 11.3 Å². The molecule has 0 aliphatic heterocycles. The summed E-state index contributed by atoms with van der Waals surface area (Å²) in [4.78, 5) is 13.0. The zero-order valence-corrected chi connectivity index (χ0v) is 17.8. The van der Waals surface area contributed by atoms with Crippen LogP contribution in [0.25, 0.3) is 0 Å². The van der Waals surface area contributed by atoms with E-state index < -0.39 is 0 Å². The highest BCUT2D eigenvalue weighted by Gasteiger charge is 2.51. The summed E-state index contributed by atoms with van der Waals surface area (Å²) in [6.45, 7) is 5.34. The van der Waals surface area contributed by atoms with Crippen molar-refractivity contribution in [1.29, 1.82) is 0 Å². The fraction of sp³-hybridized carbons (Fsp3) is 0.304. The van der Waals surface area contributed by atoms with Gasteiger partial charge in [-0.15, -0.1) is 0 Å². The minimum Gasteiger partial charge on any atom is -0.351 e. The van der Waals surface area contributed by atoms with Crippen LogP contribution in [0, 0.1) is 13.8 Å². The van der Waals surface area contributed by atoms with Crippen LogP contribution < -0.4 is 5.32 Å². The third-order valence-corrected chi connectivity index (χ3v) is 6.24. The average molecular weight is 438 g/mol. The Morgan fingerprint density at radius 1 is 1.11 bits per heavy atom. The van der Waals surface area contributed by atoms with Crippen molar-refractivity contribution in [2.24, 2.45) is 0 Å². The van der Waals surface area contributed by atoms with Gasteiger partial charge in [0.05, 0.1) is 17.7 Å². The van der Waals surface area contributed by atoms with E-state index in [0.29, 0.717) is 6.54 Å². The maximum absolute atomic E-state index is 13.0. The first-order valence-corrected chi connectivity index (χ1v) is 10.4. The first-order chi connectivity index (χ1) is 13.5. The summed E-state index contributed by atoms with van der Waals surface area (Å²) >= 11 is 3.46. The smallest absolute Gasteiger partial charge is 0.230 e. The SMILES string of the molecule is Cc1nn(Cc2ccccc2)c(C)c1CNC(=O)C1(c2ccc(Br)cc2)CC1. The van der Waals surface area contributed by atoms with Crippen molar-refractivity contribution in [2.75, 3.05) is 0 Å². The molecule has 0 atom stereocenters. The monoisotopic (exact) mass is 437 g/mol. The Morgan fingerprint density at radius 2 is 1.79 bits per heavy atom. The van der Waals surface area contributed by atoms with Gasteiger partial charge in [0, 0.05) is 22.3 Å². The first-order valence-electron chi connectivity index (χ1n) is 9.61. The molecule has 5 heteroatoms. The summed E-state index contributed by atoms with van der Waals surface area (Å²) in [5, 5.41) is 7.86. The maximum Gasteiger partial charge on any atom is 0.230 e. The summed E-state index contributed by atoms with van der Waals surface area (Å²) in [7, 11) is 0. The second-order valence-electron chi connectivity index (χ2n) is 7.56. The van der Waals surface area contributed by atoms with Crippen molar-refractivity contribution < 1.29 is 4.79 Å². The number of carbonyl (C=O) groups excluding carboxylic acids is 1. The summed E-state index contributed by atoms with van der Waals surface area (Å²) in [6, 6.07) is 18.4. The van der Waals surface area contributed by atoms with Crippen LogP contribution in [0.3, 0.4) is 0 Å². The fourth-order valence-corrected chi connectivity index (χ4v) is 4.04. The van der Waals surface area contributed by atoms with Crippen molar-refractivity contribution in [3.63, 3.8) is 0 Å². The number of rotatable bonds is 6. The Morgan fingerprint density at radius 3 is 2.43 bits per heavy atom. The molecule has 144 valence electrons. The predicted molar refractivity (Wildman–Crippen MR) is 114 cm³/mol. The van der Waals surface area contributed by atoms with E-state index in [0.717, 1.165) is 46.4 Å². The molecule has 3 aromatic rings. The second kappa shape index (κ2) is 7.55. The van der Waals surface area contributed by atoms with Gasteiger partial charge in [-0.05, 0) is 49.9 Å². The molecular formula is C23H24BrN3O. The highest BCUT2D eigenvalue weighted by Crippen LogP contribution is 2.48. The first kappa shape index (κ1) is 18.9. The number of carbonyl (C=O) groups is 1. The number of nitrogens with one attached hydrogen (secondary N) is 1. The van der Waals surface area contributed by atoms with Gasteiger partial charge in [-0.1, -0.05) is 58.4 Å². The lowest BCUT2D eigenvalue weighted by Crippen LogP contribution is -2.34. The standard InChI is InChI=1S/C23H24BrN3O/c1-16-21(17(2)27(26-16)15-18-6-4-3-5-7-18)14-25-22(28)23(12-13-23)19-8-10-20(24)11-9-19/h3-11H,12-15H2,1-2H3,(H,25,28). The summed E-state index contributed by atoms with van der Waals surface area (Å²) in [5.41, 5.74) is 5.15. The van der Waals surface area contributed by atoms with Gasteiger partial charge in [-0.2, -0.15) is 5.10 Å². The van der Waals surface area contributed by atoms with E-state index in [1.165, 1.54) is 5.56 Å². The molecule has 0 radical (unpaired) electrons. The number of halogens is 1. The van der Waals surface area contributed by atoms with E-state index in [2.05, 4.69) is 45.4 Å². The molecule has 0 unspecified atom stereocenters. The number of hydrogen-bond acceptors (Lipinski definition) is 2. The number of aromatic nitrogens is 2. The molecule has 4 rings (SSSR count). The van der Waals surface area contributed by atoms with E-state index in [1.807, 2.05) is 54.1 Å². The molecule has 4 nitrogen and oxygen atoms in total. The Balaban J connectivity index is 1.46. The molecule has 0 saturated heterocycles. The van der Waals surface area contributed by atoms with Crippen LogP contribution in [0.2, 0.25) is 0 Å². The number of amides is 1. The van der Waals surface area contributed by atoms with Gasteiger partial charge in [0.15, 0.2) is 0 Å². The van der Waals surface area contributed by atoms with E-state index in [4.69, 9.17) is 0 Å². The molecule has 1 aliphatic carbocycles. The Kier molecular flexibility index (Phi) is 5.11. The van der Waals surface area contributed by atoms with Crippen LogP contribution in [0.4, 0.5) is 0 Å². The summed E-state index contributed by atoms with van der Waals surface area (Å²) in [5.74, 6) is 0.115. The van der Waals surface area contributed by atoms with Crippen LogP contribution in [0.15, 0.2) is 59.1 Å². The largest absolute Gasteiger partial charge is 0.351 e. The van der Waals surface area contributed by atoms with E-state index in [9.17, 15) is 4.79 Å². The third kappa shape index (κ3) is 3.63. The number of nitrogens with zero attached hydrogens (tertiary/aromatic N) is 2. The number of benzene rings is 2. The Bertz CT molecular complexity index is 989. The van der Waals surface area contributed by atoms with Crippen LogP contribution in [0.5, 0.6) is 0 Å². The van der Waals surface area contributed by atoms with Gasteiger partial charge in [0.2, 0.25) is 5.91 Å². The van der Waals surface area contributed by atoms with E-state index >= 15 is 0 Å².